The Morgan fingerprint density at radius 2 is 1.89 bits per heavy atom. The van der Waals surface area contributed by atoms with E-state index in [1.807, 2.05) is 12.1 Å². The van der Waals surface area contributed by atoms with Gasteiger partial charge in [-0.3, -0.25) is 0 Å². The molecule has 4 unspecified atom stereocenters. The zero-order valence-corrected chi connectivity index (χ0v) is 12.2. The first kappa shape index (κ1) is 13.4. The van der Waals surface area contributed by atoms with Crippen LogP contribution in [0.1, 0.15) is 44.3 Å². The Hall–Kier alpha value is -0.570. The molecule has 2 aliphatic rings. The summed E-state index contributed by atoms with van der Waals surface area (Å²) >= 11 is 5.96. The topological polar surface area (TPSA) is 21.3 Å². The fourth-order valence-electron chi connectivity index (χ4n) is 3.46. The fraction of sp³-hybridized carbons (Fsp3) is 0.625. The van der Waals surface area contributed by atoms with Gasteiger partial charge in [0.1, 0.15) is 0 Å². The van der Waals surface area contributed by atoms with Gasteiger partial charge in [-0.2, -0.15) is 0 Å². The number of ether oxygens (including phenoxy) is 1. The van der Waals surface area contributed by atoms with Gasteiger partial charge in [-0.25, -0.2) is 0 Å². The van der Waals surface area contributed by atoms with Crippen molar-refractivity contribution in [1.82, 2.24) is 5.32 Å². The van der Waals surface area contributed by atoms with Crippen molar-refractivity contribution in [2.75, 3.05) is 6.61 Å². The molecule has 1 saturated heterocycles. The standard InChI is InChI=1S/C16H22ClNO/c1-11-16(12-6-8-14(17)9-7-12)19-10-13-4-2-3-5-15(13)18-11/h6-9,11,13,15-16,18H,2-5,10H2,1H3. The van der Waals surface area contributed by atoms with Crippen LogP contribution in [0.2, 0.25) is 5.02 Å². The second-order valence-corrected chi connectivity index (χ2v) is 6.35. The molecule has 3 heteroatoms. The fourth-order valence-corrected chi connectivity index (χ4v) is 3.59. The maximum atomic E-state index is 6.21. The Labute approximate surface area is 120 Å². The average Bonchev–Trinajstić information content (AvgIpc) is 2.58. The van der Waals surface area contributed by atoms with Crippen molar-refractivity contribution >= 4 is 11.6 Å². The van der Waals surface area contributed by atoms with Crippen molar-refractivity contribution in [2.24, 2.45) is 5.92 Å². The number of fused-ring (bicyclic) bond motifs is 1. The van der Waals surface area contributed by atoms with Crippen molar-refractivity contribution in [1.29, 1.82) is 0 Å². The van der Waals surface area contributed by atoms with Gasteiger partial charge in [0, 0.05) is 17.1 Å². The van der Waals surface area contributed by atoms with E-state index in [9.17, 15) is 0 Å². The summed E-state index contributed by atoms with van der Waals surface area (Å²) in [5.74, 6) is 0.688. The van der Waals surface area contributed by atoms with E-state index >= 15 is 0 Å². The minimum atomic E-state index is 0.142. The summed E-state index contributed by atoms with van der Waals surface area (Å²) in [6.45, 7) is 3.12. The van der Waals surface area contributed by atoms with Gasteiger partial charge in [0.15, 0.2) is 0 Å². The molecular formula is C16H22ClNO. The molecule has 0 aromatic heterocycles. The Balaban J connectivity index is 1.77. The second kappa shape index (κ2) is 5.82. The summed E-state index contributed by atoms with van der Waals surface area (Å²) in [5.41, 5.74) is 1.23. The summed E-state index contributed by atoms with van der Waals surface area (Å²) in [4.78, 5) is 0. The molecule has 1 N–H and O–H groups in total. The summed E-state index contributed by atoms with van der Waals surface area (Å²) in [6.07, 6.45) is 5.45. The molecule has 104 valence electrons. The van der Waals surface area contributed by atoms with Crippen LogP contribution in [0.3, 0.4) is 0 Å². The third-order valence-electron chi connectivity index (χ3n) is 4.53. The molecule has 1 aromatic carbocycles. The van der Waals surface area contributed by atoms with Crippen LogP contribution in [-0.4, -0.2) is 18.7 Å². The van der Waals surface area contributed by atoms with Gasteiger partial charge in [0.05, 0.1) is 12.7 Å². The van der Waals surface area contributed by atoms with Gasteiger partial charge in [0.2, 0.25) is 0 Å². The quantitative estimate of drug-likeness (QED) is 0.840. The van der Waals surface area contributed by atoms with Crippen LogP contribution in [0.15, 0.2) is 24.3 Å². The first-order chi connectivity index (χ1) is 9.24. The average molecular weight is 280 g/mol. The molecule has 2 fully saturated rings. The number of nitrogens with one attached hydrogen (secondary N) is 1. The third kappa shape index (κ3) is 2.96. The predicted octanol–water partition coefficient (Wildman–Crippen LogP) is 3.95. The molecule has 1 aromatic rings. The first-order valence-electron chi connectivity index (χ1n) is 7.37. The molecule has 0 radical (unpaired) electrons. The van der Waals surface area contributed by atoms with Crippen LogP contribution >= 0.6 is 11.6 Å². The van der Waals surface area contributed by atoms with Gasteiger partial charge >= 0.3 is 0 Å². The molecule has 1 heterocycles. The number of hydrogen-bond acceptors (Lipinski definition) is 2. The third-order valence-corrected chi connectivity index (χ3v) is 4.78. The normalized spacial score (nSPS) is 35.5. The van der Waals surface area contributed by atoms with Crippen LogP contribution in [0.25, 0.3) is 0 Å². The van der Waals surface area contributed by atoms with Crippen LogP contribution in [0.4, 0.5) is 0 Å². The lowest BCUT2D eigenvalue weighted by Crippen LogP contribution is -2.43. The van der Waals surface area contributed by atoms with Crippen molar-refractivity contribution in [3.05, 3.63) is 34.9 Å². The molecule has 19 heavy (non-hydrogen) atoms. The van der Waals surface area contributed by atoms with Gasteiger partial charge < -0.3 is 10.1 Å². The minimum absolute atomic E-state index is 0.142. The highest BCUT2D eigenvalue weighted by atomic mass is 35.5. The second-order valence-electron chi connectivity index (χ2n) is 5.91. The smallest absolute Gasteiger partial charge is 0.0975 e. The van der Waals surface area contributed by atoms with E-state index < -0.39 is 0 Å². The molecule has 2 nitrogen and oxygen atoms in total. The molecule has 1 saturated carbocycles. The van der Waals surface area contributed by atoms with Crippen LogP contribution in [0.5, 0.6) is 0 Å². The summed E-state index contributed by atoms with van der Waals surface area (Å²) in [6, 6.07) is 9.06. The Morgan fingerprint density at radius 3 is 2.68 bits per heavy atom. The molecule has 1 aliphatic carbocycles. The Morgan fingerprint density at radius 1 is 1.16 bits per heavy atom. The zero-order chi connectivity index (χ0) is 13.2. The van der Waals surface area contributed by atoms with Crippen molar-refractivity contribution in [2.45, 2.75) is 50.8 Å². The molecule has 4 atom stereocenters. The van der Waals surface area contributed by atoms with Crippen molar-refractivity contribution in [3.63, 3.8) is 0 Å². The molecule has 0 spiro atoms. The van der Waals surface area contributed by atoms with E-state index in [1.54, 1.807) is 0 Å². The number of benzene rings is 1. The van der Waals surface area contributed by atoms with Crippen molar-refractivity contribution in [3.8, 4) is 0 Å². The summed E-state index contributed by atoms with van der Waals surface area (Å²) < 4.78 is 6.21. The van der Waals surface area contributed by atoms with Gasteiger partial charge in [-0.15, -0.1) is 0 Å². The lowest BCUT2D eigenvalue weighted by atomic mass is 9.85. The first-order valence-corrected chi connectivity index (χ1v) is 7.75. The van der Waals surface area contributed by atoms with Crippen molar-refractivity contribution < 1.29 is 4.74 Å². The maximum Gasteiger partial charge on any atom is 0.0975 e. The largest absolute Gasteiger partial charge is 0.372 e. The molecule has 3 rings (SSSR count). The number of halogens is 1. The summed E-state index contributed by atoms with van der Waals surface area (Å²) in [7, 11) is 0. The predicted molar refractivity (Wildman–Crippen MR) is 78.5 cm³/mol. The summed E-state index contributed by atoms with van der Waals surface area (Å²) in [5, 5.41) is 4.57. The molecule has 0 bridgehead atoms. The van der Waals surface area contributed by atoms with Crippen LogP contribution in [0, 0.1) is 5.92 Å². The Bertz CT molecular complexity index is 419. The SMILES string of the molecule is CC1NC2CCCCC2COC1c1ccc(Cl)cc1. The molecule has 1 aliphatic heterocycles. The van der Waals surface area contributed by atoms with Crippen LogP contribution < -0.4 is 5.32 Å². The van der Waals surface area contributed by atoms with E-state index in [1.165, 1.54) is 31.2 Å². The van der Waals surface area contributed by atoms with E-state index in [0.717, 1.165) is 11.6 Å². The number of rotatable bonds is 1. The van der Waals surface area contributed by atoms with Gasteiger partial charge in [-0.1, -0.05) is 36.6 Å². The van der Waals surface area contributed by atoms with E-state index in [4.69, 9.17) is 16.3 Å². The lowest BCUT2D eigenvalue weighted by molar-refractivity contribution is 0.0263. The molecule has 0 amide bonds. The molecular weight excluding hydrogens is 258 g/mol. The van der Waals surface area contributed by atoms with E-state index in [0.29, 0.717) is 18.0 Å². The van der Waals surface area contributed by atoms with Gasteiger partial charge in [0.25, 0.3) is 0 Å². The van der Waals surface area contributed by atoms with Gasteiger partial charge in [-0.05, 0) is 43.4 Å². The highest BCUT2D eigenvalue weighted by molar-refractivity contribution is 6.30. The Kier molecular flexibility index (Phi) is 4.11. The number of hydrogen-bond donors (Lipinski definition) is 1. The van der Waals surface area contributed by atoms with Crippen LogP contribution in [-0.2, 0) is 4.74 Å². The maximum absolute atomic E-state index is 6.21. The highest BCUT2D eigenvalue weighted by Gasteiger charge is 2.33. The minimum Gasteiger partial charge on any atom is -0.372 e. The lowest BCUT2D eigenvalue weighted by Gasteiger charge is -2.30. The van der Waals surface area contributed by atoms with E-state index in [2.05, 4.69) is 24.4 Å². The zero-order valence-electron chi connectivity index (χ0n) is 11.4. The van der Waals surface area contributed by atoms with E-state index in [-0.39, 0.29) is 6.10 Å². The highest BCUT2D eigenvalue weighted by Crippen LogP contribution is 2.33. The monoisotopic (exact) mass is 279 g/mol.